The van der Waals surface area contributed by atoms with Gasteiger partial charge in [0.15, 0.2) is 0 Å². The Morgan fingerprint density at radius 2 is 2.00 bits per heavy atom. The molecule has 1 aromatic carbocycles. The van der Waals surface area contributed by atoms with Crippen LogP contribution in [0.1, 0.15) is 18.4 Å². The third-order valence-electron chi connectivity index (χ3n) is 1.57. The van der Waals surface area contributed by atoms with Crippen molar-refractivity contribution in [3.05, 3.63) is 35.9 Å². The average Bonchev–Trinajstić information content (AvgIpc) is 2.90. The van der Waals surface area contributed by atoms with E-state index in [0.29, 0.717) is 16.9 Å². The van der Waals surface area contributed by atoms with Crippen LogP contribution in [0.5, 0.6) is 0 Å². The maximum Gasteiger partial charge on any atom is 0.0390 e. The molecule has 0 spiro atoms. The molecule has 74 valence electrons. The summed E-state index contributed by atoms with van der Waals surface area (Å²) in [7, 11) is 0. The molecular formula is C10H13N3Nd-2. The van der Waals surface area contributed by atoms with Gasteiger partial charge in [0.1, 0.15) is 0 Å². The third-order valence-corrected chi connectivity index (χ3v) is 1.57. The summed E-state index contributed by atoms with van der Waals surface area (Å²) in [4.78, 5) is 0. The molecule has 1 saturated carbocycles. The molecule has 3 nitrogen and oxygen atoms in total. The van der Waals surface area contributed by atoms with E-state index < -0.39 is 0 Å². The third kappa shape index (κ3) is 4.91. The van der Waals surface area contributed by atoms with Crippen LogP contribution in [-0.2, 0) is 0 Å². The second kappa shape index (κ2) is 7.17. The van der Waals surface area contributed by atoms with Crippen LogP contribution >= 0.6 is 0 Å². The van der Waals surface area contributed by atoms with Crippen molar-refractivity contribution in [1.82, 2.24) is 0 Å². The number of nitrogen functional groups attached to an aromatic ring is 1. The topological polar surface area (TPSA) is 73.7 Å². The summed E-state index contributed by atoms with van der Waals surface area (Å²) in [5.41, 5.74) is 14.0. The van der Waals surface area contributed by atoms with E-state index in [-0.39, 0.29) is 40.8 Å². The second-order valence-electron chi connectivity index (χ2n) is 2.82. The van der Waals surface area contributed by atoms with Gasteiger partial charge in [-0.3, -0.25) is 0 Å². The maximum atomic E-state index is 7.28. The fraction of sp³-hybridized carbons (Fsp3) is 0.200. The van der Waals surface area contributed by atoms with E-state index in [9.17, 15) is 0 Å². The molecule has 0 heterocycles. The van der Waals surface area contributed by atoms with E-state index in [1.165, 1.54) is 12.8 Å². The number of hydrogen-bond acceptors (Lipinski definition) is 2. The van der Waals surface area contributed by atoms with E-state index in [4.69, 9.17) is 16.9 Å². The first-order chi connectivity index (χ1) is 6.25. The Labute approximate surface area is 117 Å². The Bertz CT molecular complexity index is 274. The zero-order chi connectivity index (χ0) is 9.68. The zero-order valence-corrected chi connectivity index (χ0v) is 11.1. The summed E-state index contributed by atoms with van der Waals surface area (Å²) in [6.45, 7) is 0. The Morgan fingerprint density at radius 3 is 2.29 bits per heavy atom. The van der Waals surface area contributed by atoms with Crippen molar-refractivity contribution in [1.29, 1.82) is 5.41 Å². The number of rotatable bonds is 1. The van der Waals surface area contributed by atoms with Crippen molar-refractivity contribution in [2.24, 2.45) is 0 Å². The van der Waals surface area contributed by atoms with Gasteiger partial charge in [-0.1, -0.05) is 12.1 Å². The fourth-order valence-electron chi connectivity index (χ4n) is 0.744. The minimum absolute atomic E-state index is 0. The van der Waals surface area contributed by atoms with Crippen molar-refractivity contribution in [3.8, 4) is 0 Å². The van der Waals surface area contributed by atoms with Crippen molar-refractivity contribution in [2.75, 3.05) is 5.73 Å². The van der Waals surface area contributed by atoms with Crippen LogP contribution in [-0.4, -0.2) is 6.21 Å². The van der Waals surface area contributed by atoms with Crippen molar-refractivity contribution >= 4 is 17.6 Å². The van der Waals surface area contributed by atoms with Gasteiger partial charge in [0, 0.05) is 52.7 Å². The second-order valence-corrected chi connectivity index (χ2v) is 2.82. The molecule has 1 aliphatic carbocycles. The van der Waals surface area contributed by atoms with Crippen molar-refractivity contribution in [2.45, 2.75) is 12.8 Å². The SMILES string of the molecule is N=Cc1c([NH-])cccc1N.[CH-]1CC1.[Nd]. The van der Waals surface area contributed by atoms with E-state index in [2.05, 4.69) is 6.42 Å². The number of anilines is 1. The molecule has 14 heavy (non-hydrogen) atoms. The average molecular weight is 319 g/mol. The van der Waals surface area contributed by atoms with Gasteiger partial charge in [-0.05, 0) is 11.6 Å². The van der Waals surface area contributed by atoms with E-state index >= 15 is 0 Å². The Balaban J connectivity index is 0.000000360. The molecular weight excluding hydrogens is 306 g/mol. The standard InChI is InChI=1S/C7H8N3.C3H5.Nd/c8-4-5-6(9)2-1-3-7(5)10;1-2-3-1;/h1-4,8-9H,10H2;1H,2-3H2;/q2*-1;. The molecule has 0 amide bonds. The summed E-state index contributed by atoms with van der Waals surface area (Å²) in [5.74, 6) is 0. The first kappa shape index (κ1) is 13.8. The van der Waals surface area contributed by atoms with Crippen molar-refractivity contribution < 1.29 is 40.8 Å². The molecule has 0 atom stereocenters. The molecule has 4 N–H and O–H groups in total. The molecule has 1 aliphatic rings. The summed E-state index contributed by atoms with van der Waals surface area (Å²) < 4.78 is 0. The number of nitrogens with one attached hydrogen (secondary N) is 2. The summed E-state index contributed by atoms with van der Waals surface area (Å²) in [6.07, 6.45) is 6.09. The number of nitrogens with two attached hydrogens (primary N) is 1. The Kier molecular flexibility index (Phi) is 7.09. The van der Waals surface area contributed by atoms with Gasteiger partial charge in [-0.2, -0.15) is 0 Å². The maximum absolute atomic E-state index is 7.28. The monoisotopic (exact) mass is 317 g/mol. The predicted octanol–water partition coefficient (Wildman–Crippen LogP) is 2.93. The van der Waals surface area contributed by atoms with Crippen LogP contribution in [0.25, 0.3) is 5.73 Å². The molecule has 4 heteroatoms. The van der Waals surface area contributed by atoms with Crippen molar-refractivity contribution in [3.63, 3.8) is 0 Å². The summed E-state index contributed by atoms with van der Waals surface area (Å²) in [5, 5.41) is 6.90. The van der Waals surface area contributed by atoms with Crippen LogP contribution in [0.15, 0.2) is 18.2 Å². The number of hydrogen-bond donors (Lipinski definition) is 2. The quantitative estimate of drug-likeness (QED) is 0.466. The van der Waals surface area contributed by atoms with Gasteiger partial charge >= 0.3 is 0 Å². The van der Waals surface area contributed by atoms with Gasteiger partial charge in [-0.25, -0.2) is 12.8 Å². The van der Waals surface area contributed by atoms with Gasteiger partial charge in [-0.15, -0.1) is 5.69 Å². The van der Waals surface area contributed by atoms with Gasteiger partial charge in [0.25, 0.3) is 0 Å². The van der Waals surface area contributed by atoms with Gasteiger partial charge < -0.3 is 23.3 Å². The summed E-state index contributed by atoms with van der Waals surface area (Å²) in [6, 6.07) is 4.99. The molecule has 0 aliphatic heterocycles. The van der Waals surface area contributed by atoms with Crippen LogP contribution in [0.3, 0.4) is 0 Å². The minimum Gasteiger partial charge on any atom is -0.698 e. The zero-order valence-electron chi connectivity index (χ0n) is 7.88. The Hall–Kier alpha value is -0.159. The minimum atomic E-state index is 0. The summed E-state index contributed by atoms with van der Waals surface area (Å²) >= 11 is 0. The molecule has 1 fully saturated rings. The number of benzene rings is 1. The Morgan fingerprint density at radius 1 is 1.43 bits per heavy atom. The fourth-order valence-corrected chi connectivity index (χ4v) is 0.744. The molecule has 0 unspecified atom stereocenters. The van der Waals surface area contributed by atoms with Crippen LogP contribution in [0, 0.1) is 52.7 Å². The first-order valence-corrected chi connectivity index (χ1v) is 4.18. The van der Waals surface area contributed by atoms with Gasteiger partial charge in [0.2, 0.25) is 0 Å². The molecule has 0 bridgehead atoms. The van der Waals surface area contributed by atoms with E-state index in [1.807, 2.05) is 0 Å². The molecule has 0 saturated heterocycles. The normalized spacial score (nSPS) is 11.7. The molecule has 0 radical (unpaired) electrons. The smallest absolute Gasteiger partial charge is 0.0390 e. The molecule has 2 rings (SSSR count). The van der Waals surface area contributed by atoms with E-state index in [0.717, 1.165) is 6.21 Å². The van der Waals surface area contributed by atoms with Crippen LogP contribution in [0.2, 0.25) is 0 Å². The molecule has 0 aromatic heterocycles. The van der Waals surface area contributed by atoms with E-state index in [1.54, 1.807) is 18.2 Å². The van der Waals surface area contributed by atoms with Gasteiger partial charge in [0.05, 0.1) is 0 Å². The largest absolute Gasteiger partial charge is 0.698 e. The van der Waals surface area contributed by atoms with Crippen LogP contribution < -0.4 is 5.73 Å². The molecule has 1 aromatic rings. The van der Waals surface area contributed by atoms with Crippen LogP contribution in [0.4, 0.5) is 11.4 Å². The predicted molar refractivity (Wildman–Crippen MR) is 56.3 cm³/mol. The first-order valence-electron chi connectivity index (χ1n) is 4.18.